The maximum atomic E-state index is 12.4. The second-order valence-electron chi connectivity index (χ2n) is 6.57. The lowest BCUT2D eigenvalue weighted by atomic mass is 10.2. The van der Waals surface area contributed by atoms with Crippen LogP contribution in [-0.2, 0) is 6.42 Å². The number of fused-ring (bicyclic) bond motifs is 1. The SMILES string of the molecule is Cc1cc(C)n([C@H]2CCN(C(=O)NCCc3cn4ccsc4n3)C2)n1. The molecule has 0 aliphatic carbocycles. The van der Waals surface area contributed by atoms with E-state index in [1.165, 1.54) is 0 Å². The number of imidazole rings is 1. The quantitative estimate of drug-likeness (QED) is 0.779. The minimum atomic E-state index is 0.00468. The van der Waals surface area contributed by atoms with Crippen LogP contribution in [0.1, 0.15) is 29.5 Å². The molecule has 1 aliphatic heterocycles. The van der Waals surface area contributed by atoms with Crippen LogP contribution in [0.15, 0.2) is 23.8 Å². The van der Waals surface area contributed by atoms with Gasteiger partial charge in [0.25, 0.3) is 0 Å². The number of rotatable bonds is 4. The van der Waals surface area contributed by atoms with Crippen LogP contribution in [0.4, 0.5) is 4.79 Å². The molecule has 0 radical (unpaired) electrons. The van der Waals surface area contributed by atoms with Gasteiger partial charge in [0.05, 0.1) is 17.4 Å². The number of aromatic nitrogens is 4. The molecule has 25 heavy (non-hydrogen) atoms. The van der Waals surface area contributed by atoms with Crippen molar-refractivity contribution in [3.05, 3.63) is 40.9 Å². The van der Waals surface area contributed by atoms with Gasteiger partial charge in [-0.05, 0) is 26.3 Å². The van der Waals surface area contributed by atoms with E-state index in [0.29, 0.717) is 13.1 Å². The first-order valence-corrected chi connectivity index (χ1v) is 9.45. The number of nitrogens with zero attached hydrogens (tertiary/aromatic N) is 5. The number of hydrogen-bond donors (Lipinski definition) is 1. The fraction of sp³-hybridized carbons (Fsp3) is 0.471. The van der Waals surface area contributed by atoms with Crippen molar-refractivity contribution in [1.82, 2.24) is 29.4 Å². The lowest BCUT2D eigenvalue weighted by Crippen LogP contribution is -2.39. The molecule has 1 atom stereocenters. The van der Waals surface area contributed by atoms with Crippen LogP contribution >= 0.6 is 11.3 Å². The molecule has 1 aliphatic rings. The smallest absolute Gasteiger partial charge is 0.317 e. The number of carbonyl (C=O) groups excluding carboxylic acids is 1. The highest BCUT2D eigenvalue weighted by Crippen LogP contribution is 2.23. The Bertz CT molecular complexity index is 866. The molecule has 0 spiro atoms. The third-order valence-electron chi connectivity index (χ3n) is 4.64. The number of carbonyl (C=O) groups is 1. The summed E-state index contributed by atoms with van der Waals surface area (Å²) in [4.78, 5) is 19.8. The van der Waals surface area contributed by atoms with Crippen molar-refractivity contribution in [3.63, 3.8) is 0 Å². The molecular weight excluding hydrogens is 336 g/mol. The van der Waals surface area contributed by atoms with Gasteiger partial charge in [0.15, 0.2) is 4.96 Å². The van der Waals surface area contributed by atoms with Gasteiger partial charge >= 0.3 is 6.03 Å². The molecule has 0 aromatic carbocycles. The summed E-state index contributed by atoms with van der Waals surface area (Å²) in [6, 6.07) is 2.36. The van der Waals surface area contributed by atoms with Crippen LogP contribution < -0.4 is 5.32 Å². The number of nitrogens with one attached hydrogen (secondary N) is 1. The average Bonchev–Trinajstić information content (AvgIpc) is 3.30. The normalized spacial score (nSPS) is 17.5. The molecule has 0 saturated carbocycles. The van der Waals surface area contributed by atoms with Crippen LogP contribution in [0.25, 0.3) is 4.96 Å². The average molecular weight is 358 g/mol. The van der Waals surface area contributed by atoms with E-state index in [1.807, 2.05) is 34.0 Å². The van der Waals surface area contributed by atoms with E-state index in [-0.39, 0.29) is 12.1 Å². The molecule has 0 unspecified atom stereocenters. The largest absolute Gasteiger partial charge is 0.338 e. The summed E-state index contributed by atoms with van der Waals surface area (Å²) < 4.78 is 4.07. The molecule has 1 saturated heterocycles. The van der Waals surface area contributed by atoms with E-state index in [0.717, 1.165) is 41.4 Å². The summed E-state index contributed by atoms with van der Waals surface area (Å²) in [5.41, 5.74) is 3.19. The van der Waals surface area contributed by atoms with Gasteiger partial charge in [-0.1, -0.05) is 0 Å². The van der Waals surface area contributed by atoms with Crippen LogP contribution in [0.5, 0.6) is 0 Å². The predicted octanol–water partition coefficient (Wildman–Crippen LogP) is 2.41. The van der Waals surface area contributed by atoms with E-state index in [9.17, 15) is 4.79 Å². The molecule has 1 N–H and O–H groups in total. The highest BCUT2D eigenvalue weighted by atomic mass is 32.1. The zero-order valence-corrected chi connectivity index (χ0v) is 15.3. The summed E-state index contributed by atoms with van der Waals surface area (Å²) in [6.45, 7) is 6.16. The predicted molar refractivity (Wildman–Crippen MR) is 97.1 cm³/mol. The molecule has 3 aromatic heterocycles. The molecule has 4 heterocycles. The Labute approximate surface area is 150 Å². The Morgan fingerprint density at radius 2 is 2.32 bits per heavy atom. The van der Waals surface area contributed by atoms with Gasteiger partial charge in [-0.2, -0.15) is 5.10 Å². The summed E-state index contributed by atoms with van der Waals surface area (Å²) in [5, 5.41) is 9.58. The van der Waals surface area contributed by atoms with Gasteiger partial charge in [-0.25, -0.2) is 9.78 Å². The number of likely N-dealkylation sites (tertiary alicyclic amines) is 1. The number of amides is 2. The topological polar surface area (TPSA) is 67.5 Å². The van der Waals surface area contributed by atoms with Crippen LogP contribution in [0.3, 0.4) is 0 Å². The highest BCUT2D eigenvalue weighted by Gasteiger charge is 2.28. The van der Waals surface area contributed by atoms with E-state index < -0.39 is 0 Å². The maximum absolute atomic E-state index is 12.4. The van der Waals surface area contributed by atoms with Crippen molar-refractivity contribution in [1.29, 1.82) is 0 Å². The third-order valence-corrected chi connectivity index (χ3v) is 5.41. The standard InChI is InChI=1S/C17H22N6OS/c1-12-9-13(2)23(20-12)15-4-6-21(11-15)16(24)18-5-3-14-10-22-7-8-25-17(22)19-14/h7-10,15H,3-6,11H2,1-2H3,(H,18,24)/t15-/m0/s1. The second-order valence-corrected chi connectivity index (χ2v) is 7.44. The fourth-order valence-electron chi connectivity index (χ4n) is 3.45. The molecule has 3 aromatic rings. The van der Waals surface area contributed by atoms with Gasteiger partial charge in [-0.15, -0.1) is 11.3 Å². The number of urea groups is 1. The minimum absolute atomic E-state index is 0.00468. The lowest BCUT2D eigenvalue weighted by Gasteiger charge is -2.18. The lowest BCUT2D eigenvalue weighted by molar-refractivity contribution is 0.207. The van der Waals surface area contributed by atoms with E-state index in [1.54, 1.807) is 11.3 Å². The van der Waals surface area contributed by atoms with E-state index >= 15 is 0 Å². The zero-order valence-electron chi connectivity index (χ0n) is 14.5. The van der Waals surface area contributed by atoms with Crippen molar-refractivity contribution in [2.24, 2.45) is 0 Å². The maximum Gasteiger partial charge on any atom is 0.317 e. The Morgan fingerprint density at radius 3 is 3.08 bits per heavy atom. The van der Waals surface area contributed by atoms with Gasteiger partial charge in [0.1, 0.15) is 0 Å². The number of aryl methyl sites for hydroxylation is 2. The van der Waals surface area contributed by atoms with Gasteiger partial charge in [0, 0.05) is 49.5 Å². The molecular formula is C17H22N6OS. The summed E-state index contributed by atoms with van der Waals surface area (Å²) in [6.07, 6.45) is 5.71. The summed E-state index contributed by atoms with van der Waals surface area (Å²) >= 11 is 1.62. The molecule has 8 heteroatoms. The highest BCUT2D eigenvalue weighted by molar-refractivity contribution is 7.15. The first-order chi connectivity index (χ1) is 12.1. The van der Waals surface area contributed by atoms with E-state index in [2.05, 4.69) is 33.1 Å². The molecule has 4 rings (SSSR count). The van der Waals surface area contributed by atoms with Crippen molar-refractivity contribution < 1.29 is 4.79 Å². The Morgan fingerprint density at radius 1 is 1.44 bits per heavy atom. The molecule has 0 bridgehead atoms. The van der Waals surface area contributed by atoms with Crippen LogP contribution in [-0.4, -0.2) is 49.7 Å². The first kappa shape index (κ1) is 16.1. The zero-order chi connectivity index (χ0) is 17.4. The van der Waals surface area contributed by atoms with Crippen molar-refractivity contribution in [3.8, 4) is 0 Å². The van der Waals surface area contributed by atoms with Crippen molar-refractivity contribution >= 4 is 22.3 Å². The molecule has 1 fully saturated rings. The summed E-state index contributed by atoms with van der Waals surface area (Å²) in [5.74, 6) is 0. The molecule has 7 nitrogen and oxygen atoms in total. The molecule has 132 valence electrons. The fourth-order valence-corrected chi connectivity index (χ4v) is 4.17. The third kappa shape index (κ3) is 3.26. The Balaban J connectivity index is 1.28. The number of thiazole rings is 1. The van der Waals surface area contributed by atoms with Gasteiger partial charge < -0.3 is 10.2 Å². The van der Waals surface area contributed by atoms with E-state index in [4.69, 9.17) is 0 Å². The first-order valence-electron chi connectivity index (χ1n) is 8.57. The minimum Gasteiger partial charge on any atom is -0.338 e. The Kier molecular flexibility index (Phi) is 4.20. The monoisotopic (exact) mass is 358 g/mol. The number of hydrogen-bond acceptors (Lipinski definition) is 4. The van der Waals surface area contributed by atoms with Crippen molar-refractivity contribution in [2.45, 2.75) is 32.7 Å². The van der Waals surface area contributed by atoms with Gasteiger partial charge in [0.2, 0.25) is 0 Å². The van der Waals surface area contributed by atoms with Gasteiger partial charge in [-0.3, -0.25) is 9.08 Å². The summed E-state index contributed by atoms with van der Waals surface area (Å²) in [7, 11) is 0. The second kappa shape index (κ2) is 6.51. The van der Waals surface area contributed by atoms with Crippen LogP contribution in [0.2, 0.25) is 0 Å². The molecule has 2 amide bonds. The van der Waals surface area contributed by atoms with Crippen LogP contribution in [0, 0.1) is 13.8 Å². The Hall–Kier alpha value is -2.35. The van der Waals surface area contributed by atoms with Crippen molar-refractivity contribution in [2.75, 3.05) is 19.6 Å².